The van der Waals surface area contributed by atoms with Gasteiger partial charge in [-0.25, -0.2) is 0 Å². The Morgan fingerprint density at radius 2 is 1.78 bits per heavy atom. The van der Waals surface area contributed by atoms with E-state index in [4.69, 9.17) is 0 Å². The standard InChI is InChI=1S/C15H19N3/c1-3-18(12-14-8-4-6-10-16-14)13(2)15-9-5-7-11-17-15/h4-11,13H,3,12H2,1-2H3/t13-/m1/s1. The molecule has 2 rings (SSSR count). The minimum atomic E-state index is 0.304. The number of hydrogen-bond acceptors (Lipinski definition) is 3. The lowest BCUT2D eigenvalue weighted by atomic mass is 10.1. The molecule has 0 amide bonds. The average Bonchev–Trinajstić information content (AvgIpc) is 2.46. The van der Waals surface area contributed by atoms with Crippen molar-refractivity contribution in [1.82, 2.24) is 14.9 Å². The van der Waals surface area contributed by atoms with Crippen LogP contribution in [0.25, 0.3) is 0 Å². The highest BCUT2D eigenvalue weighted by molar-refractivity contribution is 5.09. The van der Waals surface area contributed by atoms with Crippen LogP contribution >= 0.6 is 0 Å². The van der Waals surface area contributed by atoms with Crippen molar-refractivity contribution in [3.63, 3.8) is 0 Å². The van der Waals surface area contributed by atoms with E-state index in [0.29, 0.717) is 6.04 Å². The summed E-state index contributed by atoms with van der Waals surface area (Å²) in [5.74, 6) is 0. The third kappa shape index (κ3) is 3.14. The van der Waals surface area contributed by atoms with Crippen molar-refractivity contribution in [3.8, 4) is 0 Å². The zero-order valence-electron chi connectivity index (χ0n) is 11.0. The molecular formula is C15H19N3. The van der Waals surface area contributed by atoms with Crippen LogP contribution in [0.1, 0.15) is 31.3 Å². The fraction of sp³-hybridized carbons (Fsp3) is 0.333. The van der Waals surface area contributed by atoms with Crippen molar-refractivity contribution in [1.29, 1.82) is 0 Å². The molecule has 2 aromatic rings. The normalized spacial score (nSPS) is 12.6. The molecule has 0 aromatic carbocycles. The highest BCUT2D eigenvalue weighted by atomic mass is 15.2. The van der Waals surface area contributed by atoms with Gasteiger partial charge in [-0.1, -0.05) is 19.1 Å². The van der Waals surface area contributed by atoms with E-state index in [2.05, 4.69) is 40.8 Å². The summed E-state index contributed by atoms with van der Waals surface area (Å²) in [4.78, 5) is 11.2. The van der Waals surface area contributed by atoms with Crippen LogP contribution in [-0.2, 0) is 6.54 Å². The van der Waals surface area contributed by atoms with Gasteiger partial charge < -0.3 is 0 Å². The Morgan fingerprint density at radius 1 is 1.06 bits per heavy atom. The lowest BCUT2D eigenvalue weighted by molar-refractivity contribution is 0.207. The fourth-order valence-corrected chi connectivity index (χ4v) is 2.03. The topological polar surface area (TPSA) is 29.0 Å². The maximum absolute atomic E-state index is 4.43. The minimum Gasteiger partial charge on any atom is -0.290 e. The largest absolute Gasteiger partial charge is 0.290 e. The van der Waals surface area contributed by atoms with Crippen LogP contribution in [0.3, 0.4) is 0 Å². The van der Waals surface area contributed by atoms with Crippen LogP contribution in [0.4, 0.5) is 0 Å². The molecule has 0 unspecified atom stereocenters. The molecule has 0 spiro atoms. The summed E-state index contributed by atoms with van der Waals surface area (Å²) < 4.78 is 0. The summed E-state index contributed by atoms with van der Waals surface area (Å²) in [5.41, 5.74) is 2.21. The molecule has 3 heteroatoms. The molecule has 0 radical (unpaired) electrons. The van der Waals surface area contributed by atoms with Crippen molar-refractivity contribution in [3.05, 3.63) is 60.2 Å². The third-order valence-electron chi connectivity index (χ3n) is 3.16. The Hall–Kier alpha value is -1.74. The second-order valence-corrected chi connectivity index (χ2v) is 4.31. The molecule has 0 fully saturated rings. The molecule has 0 aliphatic rings. The summed E-state index contributed by atoms with van der Waals surface area (Å²) >= 11 is 0. The fourth-order valence-electron chi connectivity index (χ4n) is 2.03. The highest BCUT2D eigenvalue weighted by Gasteiger charge is 2.15. The van der Waals surface area contributed by atoms with Crippen LogP contribution in [-0.4, -0.2) is 21.4 Å². The molecule has 0 bridgehead atoms. The van der Waals surface area contributed by atoms with Crippen molar-refractivity contribution in [2.75, 3.05) is 6.54 Å². The minimum absolute atomic E-state index is 0.304. The van der Waals surface area contributed by atoms with Crippen molar-refractivity contribution in [2.24, 2.45) is 0 Å². The Labute approximate surface area is 109 Å². The zero-order chi connectivity index (χ0) is 12.8. The summed E-state index contributed by atoms with van der Waals surface area (Å²) in [6.07, 6.45) is 3.69. The first-order chi connectivity index (χ1) is 8.81. The maximum atomic E-state index is 4.43. The predicted molar refractivity (Wildman–Crippen MR) is 73.0 cm³/mol. The molecule has 3 nitrogen and oxygen atoms in total. The van der Waals surface area contributed by atoms with E-state index >= 15 is 0 Å². The Morgan fingerprint density at radius 3 is 2.33 bits per heavy atom. The van der Waals surface area contributed by atoms with Gasteiger partial charge in [-0.15, -0.1) is 0 Å². The number of nitrogens with zero attached hydrogens (tertiary/aromatic N) is 3. The van der Waals surface area contributed by atoms with Gasteiger partial charge in [0, 0.05) is 25.0 Å². The Bertz CT molecular complexity index is 456. The van der Waals surface area contributed by atoms with Gasteiger partial charge in [-0.3, -0.25) is 14.9 Å². The second kappa shape index (κ2) is 6.26. The van der Waals surface area contributed by atoms with Gasteiger partial charge in [0.1, 0.15) is 0 Å². The van der Waals surface area contributed by atoms with E-state index in [1.165, 1.54) is 0 Å². The Balaban J connectivity index is 2.09. The molecule has 94 valence electrons. The molecule has 18 heavy (non-hydrogen) atoms. The summed E-state index contributed by atoms with van der Waals surface area (Å²) in [5, 5.41) is 0. The number of rotatable bonds is 5. The number of aromatic nitrogens is 2. The number of hydrogen-bond donors (Lipinski definition) is 0. The lowest BCUT2D eigenvalue weighted by Gasteiger charge is -2.26. The van der Waals surface area contributed by atoms with E-state index in [0.717, 1.165) is 24.5 Å². The SMILES string of the molecule is CCN(Cc1ccccn1)[C@H](C)c1ccccn1. The summed E-state index contributed by atoms with van der Waals surface area (Å²) in [6.45, 7) is 6.19. The van der Waals surface area contributed by atoms with Crippen molar-refractivity contribution < 1.29 is 0 Å². The lowest BCUT2D eigenvalue weighted by Crippen LogP contribution is -2.27. The first-order valence-electron chi connectivity index (χ1n) is 6.36. The molecule has 2 aromatic heterocycles. The molecule has 0 saturated heterocycles. The van der Waals surface area contributed by atoms with Crippen LogP contribution in [0.15, 0.2) is 48.8 Å². The van der Waals surface area contributed by atoms with Gasteiger partial charge in [0.15, 0.2) is 0 Å². The third-order valence-corrected chi connectivity index (χ3v) is 3.16. The van der Waals surface area contributed by atoms with Gasteiger partial charge in [0.25, 0.3) is 0 Å². The van der Waals surface area contributed by atoms with Crippen LogP contribution in [0.5, 0.6) is 0 Å². The van der Waals surface area contributed by atoms with E-state index < -0.39 is 0 Å². The number of pyridine rings is 2. The van der Waals surface area contributed by atoms with Gasteiger partial charge >= 0.3 is 0 Å². The van der Waals surface area contributed by atoms with E-state index in [1.54, 1.807) is 0 Å². The van der Waals surface area contributed by atoms with Crippen LogP contribution < -0.4 is 0 Å². The van der Waals surface area contributed by atoms with Gasteiger partial charge in [-0.2, -0.15) is 0 Å². The first kappa shape index (κ1) is 12.7. The summed E-state index contributed by atoms with van der Waals surface area (Å²) in [6, 6.07) is 12.4. The van der Waals surface area contributed by atoms with Crippen LogP contribution in [0.2, 0.25) is 0 Å². The van der Waals surface area contributed by atoms with E-state index in [1.807, 2.05) is 36.7 Å². The smallest absolute Gasteiger partial charge is 0.0572 e. The van der Waals surface area contributed by atoms with E-state index in [-0.39, 0.29) is 0 Å². The molecular weight excluding hydrogens is 222 g/mol. The predicted octanol–water partition coefficient (Wildman–Crippen LogP) is 3.06. The van der Waals surface area contributed by atoms with Gasteiger partial charge in [0.05, 0.1) is 11.4 Å². The molecule has 0 aliphatic heterocycles. The average molecular weight is 241 g/mol. The Kier molecular flexibility index (Phi) is 4.42. The van der Waals surface area contributed by atoms with Crippen molar-refractivity contribution in [2.45, 2.75) is 26.4 Å². The van der Waals surface area contributed by atoms with Crippen LogP contribution in [0, 0.1) is 0 Å². The zero-order valence-corrected chi connectivity index (χ0v) is 11.0. The second-order valence-electron chi connectivity index (χ2n) is 4.31. The van der Waals surface area contributed by atoms with Gasteiger partial charge in [0.2, 0.25) is 0 Å². The monoisotopic (exact) mass is 241 g/mol. The summed E-state index contributed by atoms with van der Waals surface area (Å²) in [7, 11) is 0. The van der Waals surface area contributed by atoms with Crippen molar-refractivity contribution >= 4 is 0 Å². The first-order valence-corrected chi connectivity index (χ1v) is 6.36. The molecule has 0 saturated carbocycles. The quantitative estimate of drug-likeness (QED) is 0.805. The highest BCUT2D eigenvalue weighted by Crippen LogP contribution is 2.19. The molecule has 1 atom stereocenters. The molecule has 0 aliphatic carbocycles. The van der Waals surface area contributed by atoms with E-state index in [9.17, 15) is 0 Å². The van der Waals surface area contributed by atoms with Gasteiger partial charge in [-0.05, 0) is 37.7 Å². The molecule has 0 N–H and O–H groups in total. The maximum Gasteiger partial charge on any atom is 0.0572 e. The molecule has 2 heterocycles.